The van der Waals surface area contributed by atoms with Crippen LogP contribution in [0.1, 0.15) is 56.1 Å². The molecule has 0 saturated heterocycles. The molecule has 29 heavy (non-hydrogen) atoms. The van der Waals surface area contributed by atoms with Crippen molar-refractivity contribution >= 4 is 45.4 Å². The molecule has 1 aliphatic carbocycles. The number of hydrazone groups is 1. The molecule has 6 heteroatoms. The summed E-state index contributed by atoms with van der Waals surface area (Å²) in [4.78, 5) is 4.58. The van der Waals surface area contributed by atoms with Gasteiger partial charge in [-0.15, -0.1) is 11.3 Å². The highest BCUT2D eigenvalue weighted by Crippen LogP contribution is 2.33. The minimum absolute atomic E-state index is 0.590. The van der Waals surface area contributed by atoms with Gasteiger partial charge in [0.1, 0.15) is 0 Å². The van der Waals surface area contributed by atoms with Gasteiger partial charge in [-0.1, -0.05) is 66.7 Å². The van der Waals surface area contributed by atoms with Crippen LogP contribution in [0, 0.1) is 0 Å². The Balaban J connectivity index is 1.43. The number of hydrogen-bond acceptors (Lipinski definition) is 4. The van der Waals surface area contributed by atoms with Crippen molar-refractivity contribution in [3.8, 4) is 11.3 Å². The third kappa shape index (κ3) is 5.00. The van der Waals surface area contributed by atoms with Gasteiger partial charge in [-0.05, 0) is 55.0 Å². The molecule has 1 aromatic heterocycles. The van der Waals surface area contributed by atoms with Crippen molar-refractivity contribution in [3.63, 3.8) is 0 Å². The van der Waals surface area contributed by atoms with E-state index in [1.165, 1.54) is 49.0 Å². The van der Waals surface area contributed by atoms with Gasteiger partial charge < -0.3 is 0 Å². The van der Waals surface area contributed by atoms with E-state index in [4.69, 9.17) is 23.2 Å². The molecule has 1 N–H and O–H groups in total. The van der Waals surface area contributed by atoms with Gasteiger partial charge in [-0.2, -0.15) is 5.10 Å². The van der Waals surface area contributed by atoms with Crippen LogP contribution >= 0.6 is 34.5 Å². The Bertz CT molecular complexity index is 1010. The summed E-state index contributed by atoms with van der Waals surface area (Å²) >= 11 is 13.8. The zero-order chi connectivity index (χ0) is 20.2. The SMILES string of the molecule is C/C(=N\Nc1nc(-c2ccc(Cl)cc2Cl)cs1)c1ccc(C2CCCCC2)cc1. The summed E-state index contributed by atoms with van der Waals surface area (Å²) in [7, 11) is 0. The minimum Gasteiger partial charge on any atom is -0.252 e. The fourth-order valence-electron chi connectivity index (χ4n) is 3.77. The highest BCUT2D eigenvalue weighted by atomic mass is 35.5. The van der Waals surface area contributed by atoms with Gasteiger partial charge in [0.25, 0.3) is 0 Å². The van der Waals surface area contributed by atoms with Crippen molar-refractivity contribution in [2.75, 3.05) is 5.43 Å². The lowest BCUT2D eigenvalue weighted by atomic mass is 9.84. The molecule has 1 aliphatic rings. The average molecular weight is 444 g/mol. The lowest BCUT2D eigenvalue weighted by molar-refractivity contribution is 0.443. The topological polar surface area (TPSA) is 37.3 Å². The highest BCUT2D eigenvalue weighted by molar-refractivity contribution is 7.14. The summed E-state index contributed by atoms with van der Waals surface area (Å²) in [5.41, 5.74) is 8.25. The number of nitrogens with zero attached hydrogens (tertiary/aromatic N) is 2. The summed E-state index contributed by atoms with van der Waals surface area (Å²) in [5.74, 6) is 0.724. The van der Waals surface area contributed by atoms with E-state index in [1.54, 1.807) is 6.07 Å². The second-order valence-corrected chi connectivity index (χ2v) is 9.13. The minimum atomic E-state index is 0.590. The number of aromatic nitrogens is 1. The monoisotopic (exact) mass is 443 g/mol. The summed E-state index contributed by atoms with van der Waals surface area (Å²) in [5, 5.41) is 8.40. The van der Waals surface area contributed by atoms with E-state index in [1.807, 2.05) is 24.4 Å². The van der Waals surface area contributed by atoms with Crippen LogP contribution in [0.15, 0.2) is 52.9 Å². The third-order valence-electron chi connectivity index (χ3n) is 5.44. The Morgan fingerprint density at radius 3 is 2.55 bits per heavy atom. The van der Waals surface area contributed by atoms with Gasteiger partial charge >= 0.3 is 0 Å². The number of hydrogen-bond donors (Lipinski definition) is 1. The number of rotatable bonds is 5. The summed E-state index contributed by atoms with van der Waals surface area (Å²) in [6, 6.07) is 14.3. The first kappa shape index (κ1) is 20.4. The maximum Gasteiger partial charge on any atom is 0.203 e. The van der Waals surface area contributed by atoms with E-state index in [2.05, 4.69) is 39.8 Å². The molecule has 1 heterocycles. The molecule has 3 nitrogen and oxygen atoms in total. The molecule has 0 aliphatic heterocycles. The fraction of sp³-hybridized carbons (Fsp3) is 0.304. The number of nitrogens with one attached hydrogen (secondary N) is 1. The quantitative estimate of drug-likeness (QED) is 0.320. The van der Waals surface area contributed by atoms with Crippen LogP contribution in [-0.2, 0) is 0 Å². The van der Waals surface area contributed by atoms with E-state index in [0.717, 1.165) is 33.6 Å². The zero-order valence-electron chi connectivity index (χ0n) is 16.3. The molecular weight excluding hydrogens is 421 g/mol. The number of thiazole rings is 1. The molecule has 1 saturated carbocycles. The van der Waals surface area contributed by atoms with Crippen LogP contribution in [0.5, 0.6) is 0 Å². The lowest BCUT2D eigenvalue weighted by Gasteiger charge is -2.22. The average Bonchev–Trinajstić information content (AvgIpc) is 3.21. The maximum absolute atomic E-state index is 6.28. The largest absolute Gasteiger partial charge is 0.252 e. The molecule has 4 rings (SSSR count). The molecule has 2 aromatic carbocycles. The first-order valence-electron chi connectivity index (χ1n) is 9.92. The normalized spacial score (nSPS) is 15.5. The summed E-state index contributed by atoms with van der Waals surface area (Å²) < 4.78 is 0. The molecule has 0 amide bonds. The van der Waals surface area contributed by atoms with Gasteiger partial charge in [0.15, 0.2) is 0 Å². The summed E-state index contributed by atoms with van der Waals surface area (Å²) in [6.45, 7) is 2.01. The van der Waals surface area contributed by atoms with Crippen LogP contribution < -0.4 is 5.43 Å². The predicted molar refractivity (Wildman–Crippen MR) is 126 cm³/mol. The van der Waals surface area contributed by atoms with Crippen molar-refractivity contribution in [1.82, 2.24) is 4.98 Å². The molecule has 0 unspecified atom stereocenters. The van der Waals surface area contributed by atoms with E-state index >= 15 is 0 Å². The van der Waals surface area contributed by atoms with Gasteiger partial charge in [0, 0.05) is 16.0 Å². The number of halogens is 2. The van der Waals surface area contributed by atoms with Crippen LogP contribution in [0.3, 0.4) is 0 Å². The van der Waals surface area contributed by atoms with Crippen LogP contribution in [0.25, 0.3) is 11.3 Å². The second kappa shape index (κ2) is 9.29. The van der Waals surface area contributed by atoms with Crippen molar-refractivity contribution in [2.45, 2.75) is 44.9 Å². The van der Waals surface area contributed by atoms with E-state index in [-0.39, 0.29) is 0 Å². The Hall–Kier alpha value is -1.88. The Morgan fingerprint density at radius 1 is 1.07 bits per heavy atom. The van der Waals surface area contributed by atoms with Crippen LogP contribution in [-0.4, -0.2) is 10.7 Å². The van der Waals surface area contributed by atoms with Crippen molar-refractivity contribution in [3.05, 3.63) is 69.0 Å². The number of benzene rings is 2. The Kier molecular flexibility index (Phi) is 6.53. The van der Waals surface area contributed by atoms with Crippen molar-refractivity contribution < 1.29 is 0 Å². The third-order valence-corrected chi connectivity index (χ3v) is 6.73. The van der Waals surface area contributed by atoms with Crippen molar-refractivity contribution in [2.24, 2.45) is 5.10 Å². The van der Waals surface area contributed by atoms with E-state index in [9.17, 15) is 0 Å². The fourth-order valence-corrected chi connectivity index (χ4v) is 4.93. The molecule has 0 bridgehead atoms. The molecule has 1 fully saturated rings. The molecular formula is C23H23Cl2N3S. The molecule has 150 valence electrons. The molecule has 0 spiro atoms. The van der Waals surface area contributed by atoms with Crippen LogP contribution in [0.2, 0.25) is 10.0 Å². The lowest BCUT2D eigenvalue weighted by Crippen LogP contribution is -2.05. The van der Waals surface area contributed by atoms with Gasteiger partial charge in [0.2, 0.25) is 5.13 Å². The zero-order valence-corrected chi connectivity index (χ0v) is 18.6. The Morgan fingerprint density at radius 2 is 1.83 bits per heavy atom. The van der Waals surface area contributed by atoms with Gasteiger partial charge in [-0.25, -0.2) is 4.98 Å². The van der Waals surface area contributed by atoms with Gasteiger partial charge in [-0.3, -0.25) is 5.43 Å². The molecule has 0 atom stereocenters. The summed E-state index contributed by atoms with van der Waals surface area (Å²) in [6.07, 6.45) is 6.73. The Labute approximate surface area is 185 Å². The first-order chi connectivity index (χ1) is 14.1. The maximum atomic E-state index is 6.28. The predicted octanol–water partition coefficient (Wildman–Crippen LogP) is 8.00. The van der Waals surface area contributed by atoms with Crippen molar-refractivity contribution in [1.29, 1.82) is 0 Å². The highest BCUT2D eigenvalue weighted by Gasteiger charge is 2.15. The van der Waals surface area contributed by atoms with E-state index < -0.39 is 0 Å². The second-order valence-electron chi connectivity index (χ2n) is 7.43. The number of anilines is 1. The smallest absolute Gasteiger partial charge is 0.203 e. The van der Waals surface area contributed by atoms with Gasteiger partial charge in [0.05, 0.1) is 16.4 Å². The molecule has 0 radical (unpaired) electrons. The standard InChI is InChI=1S/C23H23Cl2N3S/c1-15(16-7-9-18(10-8-16)17-5-3-2-4-6-17)27-28-23-26-22(14-29-23)20-12-11-19(24)13-21(20)25/h7-14,17H,2-6H2,1H3,(H,26,28)/b27-15+. The first-order valence-corrected chi connectivity index (χ1v) is 11.6. The molecule has 3 aromatic rings. The van der Waals surface area contributed by atoms with E-state index in [0.29, 0.717) is 10.0 Å². The van der Waals surface area contributed by atoms with Crippen LogP contribution in [0.4, 0.5) is 5.13 Å².